The zero-order chi connectivity index (χ0) is 22.2. The van der Waals surface area contributed by atoms with Crippen molar-refractivity contribution in [2.45, 2.75) is 51.2 Å². The first-order valence-corrected chi connectivity index (χ1v) is 10.6. The van der Waals surface area contributed by atoms with E-state index in [4.69, 9.17) is 9.47 Å². The Morgan fingerprint density at radius 2 is 1.74 bits per heavy atom. The second kappa shape index (κ2) is 10.8. The zero-order valence-corrected chi connectivity index (χ0v) is 18.0. The van der Waals surface area contributed by atoms with Crippen LogP contribution in [0.5, 0.6) is 11.5 Å². The van der Waals surface area contributed by atoms with Crippen LogP contribution < -0.4 is 14.8 Å². The molecule has 0 bridgehead atoms. The monoisotopic (exact) mass is 428 g/mol. The highest BCUT2D eigenvalue weighted by molar-refractivity contribution is 5.88. The third-order valence-corrected chi connectivity index (χ3v) is 5.56. The van der Waals surface area contributed by atoms with E-state index in [0.717, 1.165) is 31.2 Å². The van der Waals surface area contributed by atoms with E-state index in [1.807, 2.05) is 6.07 Å². The highest BCUT2D eigenvalue weighted by atomic mass is 19.1. The van der Waals surface area contributed by atoms with Gasteiger partial charge in [-0.25, -0.2) is 4.39 Å². The van der Waals surface area contributed by atoms with Crippen LogP contribution in [0.15, 0.2) is 48.5 Å². The number of methoxy groups -OCH3 is 1. The Morgan fingerprint density at radius 1 is 1.10 bits per heavy atom. The van der Waals surface area contributed by atoms with Crippen molar-refractivity contribution in [1.82, 2.24) is 10.2 Å². The van der Waals surface area contributed by atoms with Gasteiger partial charge in [0.15, 0.2) is 18.1 Å². The summed E-state index contributed by atoms with van der Waals surface area (Å²) >= 11 is 0. The fraction of sp³-hybridized carbons (Fsp3) is 0.417. The van der Waals surface area contributed by atoms with Gasteiger partial charge in [-0.15, -0.1) is 0 Å². The van der Waals surface area contributed by atoms with Crippen LogP contribution >= 0.6 is 0 Å². The molecule has 3 rings (SSSR count). The van der Waals surface area contributed by atoms with Crippen molar-refractivity contribution in [2.75, 3.05) is 13.7 Å². The van der Waals surface area contributed by atoms with Gasteiger partial charge < -0.3 is 19.7 Å². The van der Waals surface area contributed by atoms with Gasteiger partial charge in [-0.2, -0.15) is 0 Å². The molecule has 0 radical (unpaired) electrons. The largest absolute Gasteiger partial charge is 0.493 e. The Balaban J connectivity index is 1.72. The molecular formula is C24H29FN2O4. The quantitative estimate of drug-likeness (QED) is 0.662. The van der Waals surface area contributed by atoms with Crippen molar-refractivity contribution in [2.24, 2.45) is 0 Å². The molecule has 0 aliphatic heterocycles. The van der Waals surface area contributed by atoms with Crippen molar-refractivity contribution in [3.05, 3.63) is 59.9 Å². The zero-order valence-electron chi connectivity index (χ0n) is 18.0. The number of carbonyl (C=O) groups is 2. The number of halogens is 1. The number of para-hydroxylation sites is 2. The Kier molecular flexibility index (Phi) is 7.87. The molecule has 0 unspecified atom stereocenters. The third kappa shape index (κ3) is 6.20. The van der Waals surface area contributed by atoms with Crippen LogP contribution in [0.3, 0.4) is 0 Å². The summed E-state index contributed by atoms with van der Waals surface area (Å²) in [6.45, 7) is 1.63. The summed E-state index contributed by atoms with van der Waals surface area (Å²) in [5.41, 5.74) is 0.729. The summed E-state index contributed by atoms with van der Waals surface area (Å²) in [5.74, 6) is 0.0765. The predicted octanol–water partition coefficient (Wildman–Crippen LogP) is 3.69. The summed E-state index contributed by atoms with van der Waals surface area (Å²) in [4.78, 5) is 27.4. The van der Waals surface area contributed by atoms with Gasteiger partial charge in [0.25, 0.3) is 5.91 Å². The number of carbonyl (C=O) groups excluding carboxylic acids is 2. The molecule has 1 saturated carbocycles. The van der Waals surface area contributed by atoms with Crippen molar-refractivity contribution in [3.8, 4) is 11.5 Å². The molecule has 2 aromatic rings. The first kappa shape index (κ1) is 22.6. The van der Waals surface area contributed by atoms with Crippen LogP contribution in [-0.2, 0) is 16.1 Å². The fourth-order valence-electron chi connectivity index (χ4n) is 3.72. The first-order valence-electron chi connectivity index (χ1n) is 10.6. The lowest BCUT2D eigenvalue weighted by molar-refractivity contribution is -0.142. The SMILES string of the molecule is COc1ccccc1OCC(=O)N(Cc1ccc(F)cc1)[C@@H](C)C(=O)NC1CCCC1. The molecule has 6 nitrogen and oxygen atoms in total. The Morgan fingerprint density at radius 3 is 2.39 bits per heavy atom. The van der Waals surface area contributed by atoms with Gasteiger partial charge >= 0.3 is 0 Å². The van der Waals surface area contributed by atoms with E-state index in [-0.39, 0.29) is 36.8 Å². The van der Waals surface area contributed by atoms with Crippen LogP contribution in [0.2, 0.25) is 0 Å². The molecule has 1 fully saturated rings. The molecule has 2 aromatic carbocycles. The number of hydrogen-bond donors (Lipinski definition) is 1. The molecule has 1 aliphatic carbocycles. The number of ether oxygens (including phenoxy) is 2. The third-order valence-electron chi connectivity index (χ3n) is 5.56. The van der Waals surface area contributed by atoms with Crippen LogP contribution in [0, 0.1) is 5.82 Å². The fourth-order valence-corrected chi connectivity index (χ4v) is 3.72. The highest BCUT2D eigenvalue weighted by Crippen LogP contribution is 2.26. The molecule has 1 N–H and O–H groups in total. The molecule has 2 amide bonds. The van der Waals surface area contributed by atoms with Gasteiger partial charge in [0.1, 0.15) is 11.9 Å². The van der Waals surface area contributed by atoms with E-state index >= 15 is 0 Å². The summed E-state index contributed by atoms with van der Waals surface area (Å²) in [6.07, 6.45) is 4.12. The lowest BCUT2D eigenvalue weighted by Gasteiger charge is -2.29. The standard InChI is InChI=1S/C24H29FN2O4/c1-17(24(29)26-20-7-3-4-8-20)27(15-18-11-13-19(25)14-12-18)23(28)16-31-22-10-6-5-9-21(22)30-2/h5-6,9-14,17,20H,3-4,7-8,15-16H2,1-2H3,(H,26,29)/t17-/m0/s1. The van der Waals surface area contributed by atoms with Crippen molar-refractivity contribution < 1.29 is 23.5 Å². The van der Waals surface area contributed by atoms with Crippen LogP contribution in [-0.4, -0.2) is 42.5 Å². The van der Waals surface area contributed by atoms with E-state index in [9.17, 15) is 14.0 Å². The lowest BCUT2D eigenvalue weighted by atomic mass is 10.1. The van der Waals surface area contributed by atoms with Crippen LogP contribution in [0.1, 0.15) is 38.2 Å². The summed E-state index contributed by atoms with van der Waals surface area (Å²) in [5, 5.41) is 3.05. The Hall–Kier alpha value is -3.09. The maximum Gasteiger partial charge on any atom is 0.261 e. The smallest absolute Gasteiger partial charge is 0.261 e. The van der Waals surface area contributed by atoms with Gasteiger partial charge in [0, 0.05) is 12.6 Å². The van der Waals surface area contributed by atoms with Gasteiger partial charge in [-0.05, 0) is 49.6 Å². The minimum Gasteiger partial charge on any atom is -0.493 e. The summed E-state index contributed by atoms with van der Waals surface area (Å²) in [6, 6.07) is 12.4. The van der Waals surface area contributed by atoms with Gasteiger partial charge in [-0.3, -0.25) is 9.59 Å². The second-order valence-corrected chi connectivity index (χ2v) is 7.75. The molecule has 0 saturated heterocycles. The van der Waals surface area contributed by atoms with Crippen molar-refractivity contribution >= 4 is 11.8 Å². The maximum absolute atomic E-state index is 13.3. The molecular weight excluding hydrogens is 399 g/mol. The van der Waals surface area contributed by atoms with Gasteiger partial charge in [0.05, 0.1) is 7.11 Å². The predicted molar refractivity (Wildman–Crippen MR) is 115 cm³/mol. The topological polar surface area (TPSA) is 67.9 Å². The number of nitrogens with one attached hydrogen (secondary N) is 1. The molecule has 166 valence electrons. The molecule has 1 aliphatic rings. The van der Waals surface area contributed by atoms with E-state index in [1.165, 1.54) is 24.1 Å². The average molecular weight is 429 g/mol. The van der Waals surface area contributed by atoms with E-state index in [2.05, 4.69) is 5.32 Å². The molecule has 0 heterocycles. The molecule has 0 spiro atoms. The lowest BCUT2D eigenvalue weighted by Crippen LogP contribution is -2.50. The number of rotatable bonds is 9. The minimum atomic E-state index is -0.695. The molecule has 0 aromatic heterocycles. The van der Waals surface area contributed by atoms with Crippen molar-refractivity contribution in [3.63, 3.8) is 0 Å². The maximum atomic E-state index is 13.3. The first-order chi connectivity index (χ1) is 15.0. The molecule has 1 atom stereocenters. The van der Waals surface area contributed by atoms with Crippen molar-refractivity contribution in [1.29, 1.82) is 0 Å². The number of hydrogen-bond acceptors (Lipinski definition) is 4. The summed E-state index contributed by atoms with van der Waals surface area (Å²) < 4.78 is 24.2. The van der Waals surface area contributed by atoms with Gasteiger partial charge in [0.2, 0.25) is 5.91 Å². The summed E-state index contributed by atoms with van der Waals surface area (Å²) in [7, 11) is 1.53. The number of nitrogens with zero attached hydrogens (tertiary/aromatic N) is 1. The van der Waals surface area contributed by atoms with E-state index in [0.29, 0.717) is 11.5 Å². The average Bonchev–Trinajstić information content (AvgIpc) is 3.29. The number of amides is 2. The molecule has 7 heteroatoms. The normalized spacial score (nSPS) is 14.7. The van der Waals surface area contributed by atoms with E-state index < -0.39 is 6.04 Å². The minimum absolute atomic E-state index is 0.155. The van der Waals surface area contributed by atoms with Crippen LogP contribution in [0.25, 0.3) is 0 Å². The van der Waals surface area contributed by atoms with Gasteiger partial charge in [-0.1, -0.05) is 37.1 Å². The Labute approximate surface area is 182 Å². The van der Waals surface area contributed by atoms with Crippen LogP contribution in [0.4, 0.5) is 4.39 Å². The highest BCUT2D eigenvalue weighted by Gasteiger charge is 2.29. The molecule has 31 heavy (non-hydrogen) atoms. The Bertz CT molecular complexity index is 881. The van der Waals surface area contributed by atoms with E-state index in [1.54, 1.807) is 37.3 Å². The number of benzene rings is 2. The second-order valence-electron chi connectivity index (χ2n) is 7.75.